The van der Waals surface area contributed by atoms with Crippen molar-refractivity contribution < 1.29 is 4.79 Å². The smallest absolute Gasteiger partial charge is 0.264 e. The summed E-state index contributed by atoms with van der Waals surface area (Å²) in [4.78, 5) is 14.8. The largest absolute Gasteiger partial charge is 0.337 e. The normalized spacial score (nSPS) is 20.5. The number of piperidine rings is 1. The molecule has 0 bridgehead atoms. The van der Waals surface area contributed by atoms with Gasteiger partial charge in [0, 0.05) is 13.1 Å². The molecule has 0 N–H and O–H groups in total. The lowest BCUT2D eigenvalue weighted by Crippen LogP contribution is -2.39. The van der Waals surface area contributed by atoms with Gasteiger partial charge in [-0.05, 0) is 36.8 Å². The van der Waals surface area contributed by atoms with E-state index in [0.29, 0.717) is 6.54 Å². The predicted molar refractivity (Wildman–Crippen MR) is 63.3 cm³/mol. The SMILES string of the molecule is Cc1ccsc1C(=O)N1CCCC(C#N)C1. The number of aryl methyl sites for hydroxylation is 1. The number of hydrogen-bond acceptors (Lipinski definition) is 3. The van der Waals surface area contributed by atoms with Crippen LogP contribution in [0, 0.1) is 24.2 Å². The van der Waals surface area contributed by atoms with Crippen LogP contribution in [0.25, 0.3) is 0 Å². The van der Waals surface area contributed by atoms with E-state index in [4.69, 9.17) is 5.26 Å². The highest BCUT2D eigenvalue weighted by molar-refractivity contribution is 7.12. The van der Waals surface area contributed by atoms with Crippen molar-refractivity contribution in [2.45, 2.75) is 19.8 Å². The second-order valence-electron chi connectivity index (χ2n) is 4.15. The van der Waals surface area contributed by atoms with Crippen LogP contribution in [0.3, 0.4) is 0 Å². The molecule has 1 aliphatic rings. The number of likely N-dealkylation sites (tertiary alicyclic amines) is 1. The number of amides is 1. The number of nitrogens with zero attached hydrogens (tertiary/aromatic N) is 2. The number of rotatable bonds is 1. The van der Waals surface area contributed by atoms with Crippen LogP contribution >= 0.6 is 11.3 Å². The summed E-state index contributed by atoms with van der Waals surface area (Å²) >= 11 is 1.49. The molecule has 16 heavy (non-hydrogen) atoms. The first kappa shape index (κ1) is 11.2. The first-order chi connectivity index (χ1) is 7.72. The van der Waals surface area contributed by atoms with Gasteiger partial charge in [-0.15, -0.1) is 11.3 Å². The van der Waals surface area contributed by atoms with Crippen molar-refractivity contribution in [3.8, 4) is 6.07 Å². The molecule has 1 aromatic rings. The van der Waals surface area contributed by atoms with Gasteiger partial charge in [0.25, 0.3) is 5.91 Å². The highest BCUT2D eigenvalue weighted by Gasteiger charge is 2.25. The number of thiophene rings is 1. The van der Waals surface area contributed by atoms with Gasteiger partial charge in [-0.1, -0.05) is 0 Å². The van der Waals surface area contributed by atoms with Gasteiger partial charge in [-0.25, -0.2) is 0 Å². The number of hydrogen-bond donors (Lipinski definition) is 0. The molecular weight excluding hydrogens is 220 g/mol. The number of carbonyl (C=O) groups excluding carboxylic acids is 1. The molecule has 1 atom stereocenters. The average Bonchev–Trinajstić information content (AvgIpc) is 2.74. The monoisotopic (exact) mass is 234 g/mol. The molecule has 1 aromatic heterocycles. The summed E-state index contributed by atoms with van der Waals surface area (Å²) in [5, 5.41) is 10.8. The molecule has 0 radical (unpaired) electrons. The van der Waals surface area contributed by atoms with Crippen molar-refractivity contribution in [3.05, 3.63) is 21.9 Å². The molecule has 1 amide bonds. The van der Waals surface area contributed by atoms with Gasteiger partial charge in [0.15, 0.2) is 0 Å². The van der Waals surface area contributed by atoms with Crippen LogP contribution in [0.1, 0.15) is 28.1 Å². The van der Waals surface area contributed by atoms with Crippen molar-refractivity contribution >= 4 is 17.2 Å². The second-order valence-corrected chi connectivity index (χ2v) is 5.07. The second kappa shape index (κ2) is 4.67. The van der Waals surface area contributed by atoms with Gasteiger partial charge in [-0.2, -0.15) is 5.26 Å². The van der Waals surface area contributed by atoms with Crippen LogP contribution in [-0.2, 0) is 0 Å². The minimum absolute atomic E-state index is 0.0120. The third-order valence-electron chi connectivity index (χ3n) is 2.95. The zero-order chi connectivity index (χ0) is 11.5. The fraction of sp³-hybridized carbons (Fsp3) is 0.500. The molecule has 3 nitrogen and oxygen atoms in total. The topological polar surface area (TPSA) is 44.1 Å². The Hall–Kier alpha value is -1.34. The maximum absolute atomic E-state index is 12.2. The summed E-state index contributed by atoms with van der Waals surface area (Å²) in [5.74, 6) is 0.102. The van der Waals surface area contributed by atoms with Gasteiger partial charge < -0.3 is 4.90 Å². The van der Waals surface area contributed by atoms with E-state index in [1.54, 1.807) is 0 Å². The quantitative estimate of drug-likeness (QED) is 0.749. The minimum Gasteiger partial charge on any atom is -0.337 e. The molecule has 2 heterocycles. The van der Waals surface area contributed by atoms with Crippen LogP contribution in [0.5, 0.6) is 0 Å². The Bertz CT molecular complexity index is 432. The van der Waals surface area contributed by atoms with Gasteiger partial charge in [0.05, 0.1) is 16.9 Å². The molecule has 1 saturated heterocycles. The summed E-state index contributed by atoms with van der Waals surface area (Å²) in [6.45, 7) is 3.33. The van der Waals surface area contributed by atoms with Crippen molar-refractivity contribution in [2.24, 2.45) is 5.92 Å². The average molecular weight is 234 g/mol. The van der Waals surface area contributed by atoms with E-state index in [1.165, 1.54) is 11.3 Å². The van der Waals surface area contributed by atoms with Gasteiger partial charge >= 0.3 is 0 Å². The molecule has 0 aliphatic carbocycles. The zero-order valence-electron chi connectivity index (χ0n) is 9.27. The van der Waals surface area contributed by atoms with E-state index in [2.05, 4.69) is 6.07 Å². The number of nitriles is 1. The molecule has 1 aliphatic heterocycles. The Kier molecular flexibility index (Phi) is 3.25. The molecule has 0 aromatic carbocycles. The summed E-state index contributed by atoms with van der Waals surface area (Å²) in [5.41, 5.74) is 1.04. The molecule has 0 spiro atoms. The third-order valence-corrected chi connectivity index (χ3v) is 3.95. The van der Waals surface area contributed by atoms with E-state index in [-0.39, 0.29) is 11.8 Å². The van der Waals surface area contributed by atoms with E-state index in [0.717, 1.165) is 29.8 Å². The van der Waals surface area contributed by atoms with Crippen LogP contribution in [0.15, 0.2) is 11.4 Å². The van der Waals surface area contributed by atoms with Gasteiger partial charge in [-0.3, -0.25) is 4.79 Å². The minimum atomic E-state index is 0.0120. The van der Waals surface area contributed by atoms with Crippen molar-refractivity contribution in [2.75, 3.05) is 13.1 Å². The Morgan fingerprint density at radius 1 is 1.69 bits per heavy atom. The molecule has 0 saturated carbocycles. The molecular formula is C12H14N2OS. The standard InChI is InChI=1S/C12H14N2OS/c1-9-4-6-16-11(9)12(15)14-5-2-3-10(7-13)8-14/h4,6,10H,2-3,5,8H2,1H3. The van der Waals surface area contributed by atoms with Gasteiger partial charge in [0.2, 0.25) is 0 Å². The molecule has 1 fully saturated rings. The Labute approximate surface area is 99.3 Å². The first-order valence-electron chi connectivity index (χ1n) is 5.45. The first-order valence-corrected chi connectivity index (χ1v) is 6.33. The van der Waals surface area contributed by atoms with E-state index < -0.39 is 0 Å². The van der Waals surface area contributed by atoms with Crippen LogP contribution in [0.4, 0.5) is 0 Å². The zero-order valence-corrected chi connectivity index (χ0v) is 10.1. The Morgan fingerprint density at radius 3 is 3.12 bits per heavy atom. The lowest BCUT2D eigenvalue weighted by Gasteiger charge is -2.29. The van der Waals surface area contributed by atoms with Gasteiger partial charge in [0.1, 0.15) is 0 Å². The van der Waals surface area contributed by atoms with Crippen LogP contribution in [-0.4, -0.2) is 23.9 Å². The summed E-state index contributed by atoms with van der Waals surface area (Å²) in [7, 11) is 0. The summed E-state index contributed by atoms with van der Waals surface area (Å²) in [6, 6.07) is 4.22. The highest BCUT2D eigenvalue weighted by Crippen LogP contribution is 2.22. The molecule has 84 valence electrons. The Morgan fingerprint density at radius 2 is 2.50 bits per heavy atom. The number of carbonyl (C=O) groups is 1. The van der Waals surface area contributed by atoms with Crippen LogP contribution in [0.2, 0.25) is 0 Å². The summed E-state index contributed by atoms with van der Waals surface area (Å²) in [6.07, 6.45) is 1.86. The van der Waals surface area contributed by atoms with Crippen molar-refractivity contribution in [1.29, 1.82) is 5.26 Å². The van der Waals surface area contributed by atoms with Crippen molar-refractivity contribution in [1.82, 2.24) is 4.90 Å². The highest BCUT2D eigenvalue weighted by atomic mass is 32.1. The predicted octanol–water partition coefficient (Wildman–Crippen LogP) is 2.43. The lowest BCUT2D eigenvalue weighted by molar-refractivity contribution is 0.0703. The van der Waals surface area contributed by atoms with E-state index in [9.17, 15) is 4.79 Å². The van der Waals surface area contributed by atoms with Crippen LogP contribution < -0.4 is 0 Å². The molecule has 2 rings (SSSR count). The van der Waals surface area contributed by atoms with E-state index >= 15 is 0 Å². The Balaban J connectivity index is 2.11. The summed E-state index contributed by atoms with van der Waals surface area (Å²) < 4.78 is 0. The maximum Gasteiger partial charge on any atom is 0.264 e. The fourth-order valence-corrected chi connectivity index (χ4v) is 2.89. The maximum atomic E-state index is 12.2. The molecule has 1 unspecified atom stereocenters. The fourth-order valence-electron chi connectivity index (χ4n) is 2.00. The molecule has 4 heteroatoms. The third kappa shape index (κ3) is 2.10. The van der Waals surface area contributed by atoms with E-state index in [1.807, 2.05) is 23.3 Å². The lowest BCUT2D eigenvalue weighted by atomic mass is 9.99. The van der Waals surface area contributed by atoms with Crippen molar-refractivity contribution in [3.63, 3.8) is 0 Å².